The van der Waals surface area contributed by atoms with Gasteiger partial charge in [0.25, 0.3) is 0 Å². The predicted octanol–water partition coefficient (Wildman–Crippen LogP) is 3.57. The molecule has 3 heterocycles. The number of fused-ring (bicyclic) bond motifs is 1. The van der Waals surface area contributed by atoms with E-state index in [9.17, 15) is 13.2 Å². The van der Waals surface area contributed by atoms with Gasteiger partial charge >= 0.3 is 0 Å². The third kappa shape index (κ3) is 2.39. The zero-order chi connectivity index (χ0) is 18.4. The second-order valence-electron chi connectivity index (χ2n) is 6.30. The Morgan fingerprint density at radius 1 is 1.19 bits per heavy atom. The van der Waals surface area contributed by atoms with Crippen LogP contribution in [-0.4, -0.2) is 27.1 Å². The topological polar surface area (TPSA) is 57.2 Å². The Balaban J connectivity index is 1.85. The normalized spacial score (nSPS) is 25.6. The Morgan fingerprint density at radius 2 is 2.00 bits per heavy atom. The molecule has 132 valence electrons. The molecule has 0 spiro atoms. The number of halogens is 3. The minimum Gasteiger partial charge on any atom is -0.315 e. The summed E-state index contributed by atoms with van der Waals surface area (Å²) >= 11 is 0. The fourth-order valence-corrected chi connectivity index (χ4v) is 3.38. The lowest BCUT2D eigenvalue weighted by atomic mass is 9.98. The summed E-state index contributed by atoms with van der Waals surface area (Å²) in [5.74, 6) is -1.28. The van der Waals surface area contributed by atoms with Crippen LogP contribution in [0.4, 0.5) is 19.0 Å². The standard InChI is InChI=1S/C18H14F3N5/c1-10-16(20)17(11-3-2-4-12(19)7-11)25(18(10)21)15-6-5-14-23-9-13(8-22)26(14)24-15/h2-7,9-10,16-18H,1H3/t10-,16?,17+,18?/m0/s1. The van der Waals surface area contributed by atoms with E-state index in [1.807, 2.05) is 6.07 Å². The molecule has 0 saturated carbocycles. The SMILES string of the molecule is C[C@H]1C(F)[C@@H](c2cccc(F)c2)N(c2ccc3ncc(C#N)n3n2)C1F. The Kier molecular flexibility index (Phi) is 3.80. The number of hydrogen-bond acceptors (Lipinski definition) is 4. The maximum atomic E-state index is 14.9. The molecule has 1 fully saturated rings. The van der Waals surface area contributed by atoms with Crippen LogP contribution in [0, 0.1) is 23.1 Å². The maximum absolute atomic E-state index is 14.9. The number of alkyl halides is 2. The summed E-state index contributed by atoms with van der Waals surface area (Å²) in [6.45, 7) is 1.47. The first-order valence-corrected chi connectivity index (χ1v) is 8.08. The molecule has 26 heavy (non-hydrogen) atoms. The fourth-order valence-electron chi connectivity index (χ4n) is 3.38. The van der Waals surface area contributed by atoms with E-state index in [0.717, 1.165) is 0 Å². The molecule has 1 aliphatic rings. The van der Waals surface area contributed by atoms with Gasteiger partial charge in [0.15, 0.2) is 23.5 Å². The molecular weight excluding hydrogens is 343 g/mol. The quantitative estimate of drug-likeness (QED) is 0.658. The van der Waals surface area contributed by atoms with Crippen LogP contribution in [0.3, 0.4) is 0 Å². The second-order valence-corrected chi connectivity index (χ2v) is 6.30. The molecule has 0 radical (unpaired) electrons. The average Bonchev–Trinajstić information content (AvgIpc) is 3.15. The lowest BCUT2D eigenvalue weighted by Crippen LogP contribution is -2.32. The van der Waals surface area contributed by atoms with Gasteiger partial charge in [0.2, 0.25) is 0 Å². The number of rotatable bonds is 2. The number of anilines is 1. The molecule has 8 heteroatoms. The van der Waals surface area contributed by atoms with E-state index in [0.29, 0.717) is 11.2 Å². The number of aromatic nitrogens is 3. The van der Waals surface area contributed by atoms with Crippen molar-refractivity contribution in [1.29, 1.82) is 5.26 Å². The van der Waals surface area contributed by atoms with Crippen molar-refractivity contribution in [2.75, 3.05) is 4.90 Å². The van der Waals surface area contributed by atoms with Crippen molar-refractivity contribution in [2.45, 2.75) is 25.4 Å². The van der Waals surface area contributed by atoms with E-state index >= 15 is 0 Å². The Bertz CT molecular complexity index is 1010. The van der Waals surface area contributed by atoms with Crippen LogP contribution in [0.25, 0.3) is 5.65 Å². The van der Waals surface area contributed by atoms with Crippen molar-refractivity contribution in [3.63, 3.8) is 0 Å². The van der Waals surface area contributed by atoms with Gasteiger partial charge < -0.3 is 4.90 Å². The molecule has 0 aliphatic carbocycles. The van der Waals surface area contributed by atoms with Gasteiger partial charge in [-0.2, -0.15) is 5.26 Å². The molecule has 0 bridgehead atoms. The number of nitriles is 1. The number of hydrogen-bond donors (Lipinski definition) is 0. The van der Waals surface area contributed by atoms with E-state index in [-0.39, 0.29) is 11.5 Å². The van der Waals surface area contributed by atoms with Crippen molar-refractivity contribution in [3.8, 4) is 6.07 Å². The van der Waals surface area contributed by atoms with E-state index < -0.39 is 30.2 Å². The predicted molar refractivity (Wildman–Crippen MR) is 88.3 cm³/mol. The van der Waals surface area contributed by atoms with Crippen LogP contribution in [0.2, 0.25) is 0 Å². The summed E-state index contributed by atoms with van der Waals surface area (Å²) in [6.07, 6.45) is -1.83. The summed E-state index contributed by atoms with van der Waals surface area (Å²) in [4.78, 5) is 5.24. The van der Waals surface area contributed by atoms with Crippen LogP contribution >= 0.6 is 0 Å². The van der Waals surface area contributed by atoms with Crippen LogP contribution in [0.5, 0.6) is 0 Å². The van der Waals surface area contributed by atoms with Crippen molar-refractivity contribution in [3.05, 3.63) is 59.7 Å². The molecule has 2 unspecified atom stereocenters. The average molecular weight is 357 g/mol. The minimum absolute atomic E-state index is 0.153. The largest absolute Gasteiger partial charge is 0.315 e. The van der Waals surface area contributed by atoms with E-state index in [1.54, 1.807) is 12.1 Å². The van der Waals surface area contributed by atoms with Crippen molar-refractivity contribution in [1.82, 2.24) is 14.6 Å². The monoisotopic (exact) mass is 357 g/mol. The van der Waals surface area contributed by atoms with Crippen molar-refractivity contribution in [2.24, 2.45) is 5.92 Å². The van der Waals surface area contributed by atoms with Gasteiger partial charge in [-0.05, 0) is 29.8 Å². The lowest BCUT2D eigenvalue weighted by Gasteiger charge is -2.28. The molecule has 4 rings (SSSR count). The first-order chi connectivity index (χ1) is 12.5. The van der Waals surface area contributed by atoms with Gasteiger partial charge in [0, 0.05) is 5.92 Å². The minimum atomic E-state index is -1.64. The zero-order valence-corrected chi connectivity index (χ0v) is 13.7. The Labute approximate surface area is 147 Å². The molecule has 1 aromatic carbocycles. The highest BCUT2D eigenvalue weighted by Crippen LogP contribution is 2.44. The summed E-state index contributed by atoms with van der Waals surface area (Å²) in [5, 5.41) is 13.4. The first-order valence-electron chi connectivity index (χ1n) is 8.08. The van der Waals surface area contributed by atoms with Crippen LogP contribution < -0.4 is 4.90 Å². The smallest absolute Gasteiger partial charge is 0.179 e. The highest BCUT2D eigenvalue weighted by atomic mass is 19.2. The lowest BCUT2D eigenvalue weighted by molar-refractivity contribution is 0.200. The number of nitrogens with zero attached hydrogens (tertiary/aromatic N) is 5. The molecule has 1 aliphatic heterocycles. The van der Waals surface area contributed by atoms with E-state index in [2.05, 4.69) is 10.1 Å². The highest BCUT2D eigenvalue weighted by Gasteiger charge is 2.49. The molecular formula is C18H14F3N5. The molecule has 3 aromatic rings. The van der Waals surface area contributed by atoms with E-state index in [1.165, 1.54) is 46.8 Å². The summed E-state index contributed by atoms with van der Waals surface area (Å²) in [5.41, 5.74) is 0.938. The third-order valence-electron chi connectivity index (χ3n) is 4.72. The summed E-state index contributed by atoms with van der Waals surface area (Å²) in [7, 11) is 0. The summed E-state index contributed by atoms with van der Waals surface area (Å²) < 4.78 is 44.7. The summed E-state index contributed by atoms with van der Waals surface area (Å²) in [6, 6.07) is 9.51. The molecule has 4 atom stereocenters. The molecule has 1 saturated heterocycles. The van der Waals surface area contributed by atoms with Gasteiger partial charge in [0.1, 0.15) is 18.1 Å². The van der Waals surface area contributed by atoms with Gasteiger partial charge in [-0.25, -0.2) is 22.7 Å². The van der Waals surface area contributed by atoms with Gasteiger partial charge in [-0.3, -0.25) is 0 Å². The molecule has 0 amide bonds. The van der Waals surface area contributed by atoms with Crippen LogP contribution in [-0.2, 0) is 0 Å². The van der Waals surface area contributed by atoms with Crippen molar-refractivity contribution >= 4 is 11.5 Å². The van der Waals surface area contributed by atoms with Crippen LogP contribution in [0.1, 0.15) is 24.2 Å². The maximum Gasteiger partial charge on any atom is 0.179 e. The van der Waals surface area contributed by atoms with Crippen LogP contribution in [0.15, 0.2) is 42.6 Å². The number of benzene rings is 1. The highest BCUT2D eigenvalue weighted by molar-refractivity contribution is 5.52. The van der Waals surface area contributed by atoms with Gasteiger partial charge in [0.05, 0.1) is 12.2 Å². The van der Waals surface area contributed by atoms with Gasteiger partial charge in [-0.1, -0.05) is 19.1 Å². The Hall–Kier alpha value is -3.08. The molecule has 5 nitrogen and oxygen atoms in total. The second kappa shape index (κ2) is 6.02. The third-order valence-corrected chi connectivity index (χ3v) is 4.72. The zero-order valence-electron chi connectivity index (χ0n) is 13.7. The molecule has 2 aromatic heterocycles. The first kappa shape index (κ1) is 16.4. The number of imidazole rings is 1. The Morgan fingerprint density at radius 3 is 2.73 bits per heavy atom. The fraction of sp³-hybridized carbons (Fsp3) is 0.278. The van der Waals surface area contributed by atoms with Gasteiger partial charge in [-0.15, -0.1) is 5.10 Å². The van der Waals surface area contributed by atoms with Crippen molar-refractivity contribution < 1.29 is 13.2 Å². The van der Waals surface area contributed by atoms with E-state index in [4.69, 9.17) is 5.26 Å². The molecule has 0 N–H and O–H groups in total.